The summed E-state index contributed by atoms with van der Waals surface area (Å²) >= 11 is 0. The van der Waals surface area contributed by atoms with Gasteiger partial charge in [-0.15, -0.1) is 0 Å². The monoisotopic (exact) mass is 2160 g/mol. The Morgan fingerprint density at radius 3 is 0.525 bits per heavy atom. The Bertz CT molecular complexity index is 2590. The molecule has 6 unspecified atom stereocenters. The van der Waals surface area contributed by atoms with E-state index >= 15 is 0 Å². The van der Waals surface area contributed by atoms with Gasteiger partial charge >= 0.3 is 0 Å². The average molecular weight is 2160 g/mol. The molecule has 0 radical (unpaired) electrons. The van der Waals surface area contributed by atoms with Gasteiger partial charge in [-0.1, -0.05) is 380 Å². The molecule has 0 N–H and O–H groups in total. The molecule has 0 spiro atoms. The maximum atomic E-state index is 2.98. The van der Waals surface area contributed by atoms with Crippen molar-refractivity contribution in [3.63, 3.8) is 0 Å². The van der Waals surface area contributed by atoms with Crippen molar-refractivity contribution in [2.75, 3.05) is 0 Å². The molecule has 0 aromatic rings. The van der Waals surface area contributed by atoms with Crippen molar-refractivity contribution in [3.05, 3.63) is 0 Å². The molecule has 0 bridgehead atoms. The molecular weight excluding hydrogens is 1890 g/mol. The van der Waals surface area contributed by atoms with E-state index in [9.17, 15) is 0 Å². The van der Waals surface area contributed by atoms with E-state index in [0.717, 1.165) is 121 Å². The van der Waals surface area contributed by atoms with E-state index < -0.39 is 0 Å². The minimum absolute atomic E-state index is 0.00133. The van der Waals surface area contributed by atoms with E-state index in [-0.39, 0.29) is 116 Å². The van der Waals surface area contributed by atoms with Crippen LogP contribution in [0.15, 0.2) is 0 Å². The molecule has 842 valence electrons. The third-order valence-corrected chi connectivity index (χ3v) is 58.7. The first-order valence-corrected chi connectivity index (χ1v) is 87.0. The van der Waals surface area contributed by atoms with E-state index in [4.69, 9.17) is 0 Å². The van der Waals surface area contributed by atoms with E-state index in [1.807, 2.05) is 0 Å². The van der Waals surface area contributed by atoms with Gasteiger partial charge in [-0.3, -0.25) is 0 Å². The van der Waals surface area contributed by atoms with Crippen molar-refractivity contribution in [3.8, 4) is 0 Å². The summed E-state index contributed by atoms with van der Waals surface area (Å²) in [4.78, 5) is 0. The molecule has 139 heavy (non-hydrogen) atoms. The second-order valence-electron chi connectivity index (χ2n) is 49.9. The molecule has 12 nitrogen and oxygen atoms in total. The Balaban J connectivity index is -0.000000717. The molecule has 8 saturated carbocycles. The highest BCUT2D eigenvalue weighted by atomic mass is 28.2. The van der Waals surface area contributed by atoms with E-state index in [1.165, 1.54) is 276 Å². The van der Waals surface area contributed by atoms with Crippen LogP contribution in [0, 0.1) is 0 Å². The third-order valence-electron chi connectivity index (χ3n) is 34.1. The lowest BCUT2D eigenvalue weighted by Gasteiger charge is -2.43. The van der Waals surface area contributed by atoms with Gasteiger partial charge in [0, 0.05) is 70.5 Å². The minimum atomic E-state index is -0.00133. The normalized spacial score (nSPS) is 20.3. The zero-order valence-electron chi connectivity index (χ0n) is 106. The van der Waals surface area contributed by atoms with Crippen LogP contribution < -0.4 is 0 Å². The Hall–Kier alpha value is 2.12. The van der Waals surface area contributed by atoms with Gasteiger partial charge in [-0.25, -0.2) is 0 Å². The fourth-order valence-corrected chi connectivity index (χ4v) is 46.6. The maximum absolute atomic E-state index is 2.98. The summed E-state index contributed by atoms with van der Waals surface area (Å²) in [6, 6.07) is 17.2. The predicted molar refractivity (Wildman–Crippen MR) is 684 cm³/mol. The van der Waals surface area contributed by atoms with Crippen LogP contribution >= 0.6 is 0 Å². The van der Waals surface area contributed by atoms with Crippen LogP contribution in [0.5, 0.6) is 0 Å². The predicted octanol–water partition coefficient (Wildman–Crippen LogP) is 25.0. The van der Waals surface area contributed by atoms with Gasteiger partial charge in [0.15, 0.2) is 0 Å². The first-order valence-electron chi connectivity index (χ1n) is 62.5. The summed E-state index contributed by atoms with van der Waals surface area (Å²) in [6.45, 7) is 112. The number of rotatable bonds is 38. The third kappa shape index (κ3) is 64.8. The van der Waals surface area contributed by atoms with E-state index in [1.54, 1.807) is 0 Å². The van der Waals surface area contributed by atoms with Gasteiger partial charge in [0.2, 0.25) is 0 Å². The molecule has 24 heteroatoms. The van der Waals surface area contributed by atoms with Gasteiger partial charge in [-0.2, -0.15) is 0 Å². The summed E-state index contributed by atoms with van der Waals surface area (Å²) < 4.78 is 33.1. The van der Waals surface area contributed by atoms with Crippen molar-refractivity contribution in [1.82, 2.24) is 54.8 Å². The number of nitrogens with zero attached hydrogens (tertiary/aromatic N) is 12. The summed E-state index contributed by atoms with van der Waals surface area (Å²) in [7, 11) is 0.571. The topological polar surface area (TPSA) is 38.9 Å². The van der Waals surface area contributed by atoms with Crippen molar-refractivity contribution in [1.29, 1.82) is 0 Å². The fraction of sp³-hybridized carbons (Fsp3) is 1.00. The molecule has 0 aromatic carbocycles. The van der Waals surface area contributed by atoms with Crippen LogP contribution in [0.1, 0.15) is 525 Å². The highest BCUT2D eigenvalue weighted by Gasteiger charge is 2.34. The number of hydrogen-bond donors (Lipinski definition) is 0. The molecule has 6 atom stereocenters. The molecule has 8 fully saturated rings. The van der Waals surface area contributed by atoms with Gasteiger partial charge in [0.1, 0.15) is 0 Å². The SMILES string of the molecule is CCC(C)N([SiH2]C)C(C)(C)C.CCC(C)N([SiH2]C)C(C)C.CCC(C)N([SiH2]C)C(C)CC.CCC(C)N([SiH2]C)C1CCCC1.CCC(C)N([SiH2]C)C1CCCCC1.C[SiH2]N(C(C)C)C(C)(C)C.C[SiH2]N(C(C)C)C(C)C.C[SiH2]N(C(C)C)C1CCCC1.C[SiH2]N(C(C)C)C1CCCCC1.C[SiH2]N(C1CCCC1)C(C)(C)C.C[SiH2]N(C1CCCCC1)C(C)(C)C.C[SiH2]N(C1CCCCC1)C1CCCCC1. The second kappa shape index (κ2) is 86.4. The number of hydrogen-bond acceptors (Lipinski definition) is 12. The van der Waals surface area contributed by atoms with Crippen molar-refractivity contribution in [2.24, 2.45) is 0 Å². The average Bonchev–Trinajstić information content (AvgIpc) is 1.69. The highest BCUT2D eigenvalue weighted by Crippen LogP contribution is 2.34. The van der Waals surface area contributed by atoms with Crippen LogP contribution in [-0.2, 0) is 0 Å². The quantitative estimate of drug-likeness (QED) is 0.0553. The van der Waals surface area contributed by atoms with Crippen LogP contribution in [0.4, 0.5) is 0 Å². The molecule has 0 heterocycles. The van der Waals surface area contributed by atoms with Crippen molar-refractivity contribution < 1.29 is 0 Å². The molecular formula is C115H274N12Si12. The molecule has 8 aliphatic rings. The summed E-state index contributed by atoms with van der Waals surface area (Å²) in [5, 5.41) is 0. The lowest BCUT2D eigenvalue weighted by Crippen LogP contribution is -2.50. The Morgan fingerprint density at radius 1 is 0.180 bits per heavy atom. The van der Waals surface area contributed by atoms with Crippen LogP contribution in [0.2, 0.25) is 78.6 Å². The summed E-state index contributed by atoms with van der Waals surface area (Å²) in [5.74, 6) is 0. The first-order chi connectivity index (χ1) is 65.3. The van der Waals surface area contributed by atoms with Crippen molar-refractivity contribution >= 4 is 116 Å². The zero-order valence-corrected chi connectivity index (χ0v) is 123. The Morgan fingerprint density at radius 2 is 0.388 bits per heavy atom. The standard InChI is InChI=1S/C13H27NSi.2C11H25NSi.3C10H23NSi.C9H21NSi.2C9H23NSi.2C8H21NSi.C7H19NSi/c1-15-14(12-8-4-2-5-9-12)13-10-6-3-7-11-13;1-11(2,3)12(13-4)10-8-6-5-7-9-10;1-4-10(2)12(13-3)11-8-6-5-7-9-11;1-10(2,3)11(12-4)9-7-5-6-8-9;1-9(2)11(12-3)10-7-5-4-6-8-10;1-4-9(2)11(12-3)10-7-5-6-8-10;1-8(2)10(11-3)9-6-4-5-7-9;1-7-8(2)10(11-6)9(3,4)5;1-6-8(3)10(11-5)9(4)7-2;1-7(2)9(10-6)8(3,4)5;1-6-8(4)9(10-5)7(2)3;1-6(2)8(9-5)7(3)4/h12-13H,2-11,15H2,1H3;10H,5-9,13H2,1-4H3;10-11H,4-9,13H2,1-3H3;9H,5-8,12H2,1-4H3;2*9-10H,4-8,12H2,1-3H3;8-9H,4-7,11H2,1-3H3;8H,7,11H2,1-6H3;8-9H,6-7,11H2,1-5H3;7H,10H2,1-6H3;7-8H,6,10H2,1-5H3;6-7H,9H2,1-5H3. The van der Waals surface area contributed by atoms with Crippen LogP contribution in [0.25, 0.3) is 0 Å². The molecule has 0 aromatic heterocycles. The molecule has 8 rings (SSSR count). The molecule has 0 aliphatic heterocycles. The second-order valence-corrected chi connectivity index (χ2v) is 66.0. The van der Waals surface area contributed by atoms with Gasteiger partial charge in [0.25, 0.3) is 0 Å². The fourth-order valence-electron chi connectivity index (χ4n) is 26.1. The molecule has 8 aliphatic carbocycles. The maximum Gasteiger partial charge on any atom is 0.0929 e. The van der Waals surface area contributed by atoms with E-state index in [0.29, 0.717) is 22.2 Å². The Kier molecular flexibility index (Phi) is 91.7. The van der Waals surface area contributed by atoms with Crippen LogP contribution in [0.3, 0.4) is 0 Å². The molecule has 0 amide bonds. The largest absolute Gasteiger partial charge is 0.325 e. The minimum Gasteiger partial charge on any atom is -0.325 e. The lowest BCUT2D eigenvalue weighted by atomic mass is 9.91. The van der Waals surface area contributed by atoms with Crippen LogP contribution in [-0.4, -0.2) is 314 Å². The van der Waals surface area contributed by atoms with Gasteiger partial charge in [0.05, 0.1) is 116 Å². The van der Waals surface area contributed by atoms with Gasteiger partial charge in [-0.05, 0) is 297 Å². The van der Waals surface area contributed by atoms with Gasteiger partial charge < -0.3 is 54.8 Å². The first kappa shape index (κ1) is 147. The summed E-state index contributed by atoms with van der Waals surface area (Å²) in [5.41, 5.74) is 1.62. The Labute approximate surface area is 910 Å². The zero-order chi connectivity index (χ0) is 107. The smallest absolute Gasteiger partial charge is 0.0929 e. The highest BCUT2D eigenvalue weighted by molar-refractivity contribution is 6.33. The lowest BCUT2D eigenvalue weighted by molar-refractivity contribution is 0.156. The van der Waals surface area contributed by atoms with Crippen molar-refractivity contribution in [2.45, 2.75) is 747 Å². The van der Waals surface area contributed by atoms with E-state index in [2.05, 4.69) is 383 Å². The summed E-state index contributed by atoms with van der Waals surface area (Å²) in [6.07, 6.45) is 62.6. The molecule has 0 saturated heterocycles.